The topological polar surface area (TPSA) is 114 Å². The Kier molecular flexibility index (Phi) is 6.37. The number of rotatable bonds is 8. The summed E-state index contributed by atoms with van der Waals surface area (Å²) in [5.74, 6) is 0.639. The zero-order valence-corrected chi connectivity index (χ0v) is 18.6. The average Bonchev–Trinajstić information content (AvgIpc) is 3.25. The number of aromatic nitrogens is 4. The largest absolute Gasteiger partial charge is 0.487 e. The fraction of sp³-hybridized carbons (Fsp3) is 0.143. The van der Waals surface area contributed by atoms with Gasteiger partial charge in [-0.15, -0.1) is 11.3 Å². The van der Waals surface area contributed by atoms with Gasteiger partial charge in [-0.25, -0.2) is 18.6 Å². The summed E-state index contributed by atoms with van der Waals surface area (Å²) in [5.41, 5.74) is 3.68. The molecule has 2 aromatic carbocycles. The molecule has 0 saturated carbocycles. The van der Waals surface area contributed by atoms with E-state index in [0.717, 1.165) is 10.4 Å². The number of ether oxygens (including phenoxy) is 1. The molecule has 2 N–H and O–H groups in total. The highest BCUT2D eigenvalue weighted by atomic mass is 32.2. The van der Waals surface area contributed by atoms with Crippen molar-refractivity contribution in [1.82, 2.24) is 19.9 Å². The average molecular weight is 471 g/mol. The minimum atomic E-state index is -2.66. The van der Waals surface area contributed by atoms with Crippen LogP contribution in [0, 0.1) is 10.6 Å². The minimum absolute atomic E-state index is 0.154. The number of halogens is 1. The summed E-state index contributed by atoms with van der Waals surface area (Å²) < 4.78 is 39.1. The number of benzene rings is 2. The first kappa shape index (κ1) is 21.8. The standard InChI is InChI=1S/C21H19FN6O2S2/c1-32(23,29)11-14-3-2-4-16(7-14)27-21-26-12-25-20(28-21)18-6-5-15(22)8-19(18)30-10-17-9-24-13-31-17/h2-9,12-13,23H,10-11H2,1H3,(H,25,26,27,28). The third-order valence-corrected chi connectivity index (χ3v) is 5.87. The number of nitrogens with zero attached hydrogens (tertiary/aromatic N) is 4. The van der Waals surface area contributed by atoms with Crippen molar-refractivity contribution in [1.29, 1.82) is 4.78 Å². The second kappa shape index (κ2) is 9.37. The molecule has 1 unspecified atom stereocenters. The minimum Gasteiger partial charge on any atom is -0.487 e. The quantitative estimate of drug-likeness (QED) is 0.386. The maximum absolute atomic E-state index is 13.9. The molecule has 1 atom stereocenters. The van der Waals surface area contributed by atoms with E-state index in [1.165, 1.54) is 36.1 Å². The Balaban J connectivity index is 1.58. The van der Waals surface area contributed by atoms with Crippen LogP contribution < -0.4 is 10.1 Å². The Morgan fingerprint density at radius 3 is 2.88 bits per heavy atom. The lowest BCUT2D eigenvalue weighted by atomic mass is 10.2. The molecule has 0 aliphatic rings. The fourth-order valence-corrected chi connectivity index (χ4v) is 4.26. The van der Waals surface area contributed by atoms with Gasteiger partial charge in [0.25, 0.3) is 0 Å². The van der Waals surface area contributed by atoms with Gasteiger partial charge in [0.15, 0.2) is 5.82 Å². The Hall–Kier alpha value is -3.44. The highest BCUT2D eigenvalue weighted by Gasteiger charge is 2.13. The van der Waals surface area contributed by atoms with Crippen LogP contribution in [0.25, 0.3) is 11.4 Å². The van der Waals surface area contributed by atoms with Crippen molar-refractivity contribution in [2.24, 2.45) is 0 Å². The highest BCUT2D eigenvalue weighted by molar-refractivity contribution is 7.90. The van der Waals surface area contributed by atoms with Gasteiger partial charge in [-0.2, -0.15) is 4.98 Å². The summed E-state index contributed by atoms with van der Waals surface area (Å²) >= 11 is 1.45. The van der Waals surface area contributed by atoms with Crippen LogP contribution in [0.2, 0.25) is 0 Å². The molecule has 0 radical (unpaired) electrons. The van der Waals surface area contributed by atoms with E-state index in [9.17, 15) is 8.60 Å². The SMILES string of the molecule is CS(=N)(=O)Cc1cccc(Nc2ncnc(-c3ccc(F)cc3OCc3cncs3)n2)c1. The first-order valence-corrected chi connectivity index (χ1v) is 12.4. The maximum atomic E-state index is 13.9. The van der Waals surface area contributed by atoms with Crippen LogP contribution >= 0.6 is 11.3 Å². The van der Waals surface area contributed by atoms with Crippen molar-refractivity contribution in [3.05, 3.63) is 76.8 Å². The van der Waals surface area contributed by atoms with Crippen molar-refractivity contribution < 1.29 is 13.3 Å². The molecule has 164 valence electrons. The predicted octanol–water partition coefficient (Wildman–Crippen LogP) is 4.63. The van der Waals surface area contributed by atoms with Gasteiger partial charge in [0.05, 0.1) is 21.7 Å². The second-order valence-corrected chi connectivity index (χ2v) is 10.3. The molecule has 8 nitrogen and oxygen atoms in total. The molecule has 0 saturated heterocycles. The van der Waals surface area contributed by atoms with Gasteiger partial charge in [0, 0.05) is 33.9 Å². The molecule has 0 spiro atoms. The van der Waals surface area contributed by atoms with Gasteiger partial charge < -0.3 is 10.1 Å². The predicted molar refractivity (Wildman–Crippen MR) is 122 cm³/mol. The molecule has 4 rings (SSSR count). The zero-order chi connectivity index (χ0) is 22.6. The molecule has 2 aromatic heterocycles. The normalized spacial score (nSPS) is 12.8. The molecular weight excluding hydrogens is 451 g/mol. The van der Waals surface area contributed by atoms with E-state index in [2.05, 4.69) is 25.3 Å². The van der Waals surface area contributed by atoms with Gasteiger partial charge in [-0.1, -0.05) is 12.1 Å². The summed E-state index contributed by atoms with van der Waals surface area (Å²) in [7, 11) is -2.66. The number of anilines is 2. The lowest BCUT2D eigenvalue weighted by Gasteiger charge is -2.11. The van der Waals surface area contributed by atoms with Crippen molar-refractivity contribution in [3.8, 4) is 17.1 Å². The Labute approximate surface area is 188 Å². The van der Waals surface area contributed by atoms with Crippen LogP contribution in [0.5, 0.6) is 5.75 Å². The van der Waals surface area contributed by atoms with Crippen molar-refractivity contribution in [2.75, 3.05) is 11.6 Å². The van der Waals surface area contributed by atoms with Crippen LogP contribution in [-0.4, -0.2) is 30.4 Å². The molecule has 4 aromatic rings. The third-order valence-electron chi connectivity index (χ3n) is 4.24. The van der Waals surface area contributed by atoms with Gasteiger partial charge >= 0.3 is 0 Å². The molecule has 0 amide bonds. The van der Waals surface area contributed by atoms with E-state index in [-0.39, 0.29) is 18.3 Å². The number of nitrogens with one attached hydrogen (secondary N) is 2. The Bertz CT molecular complexity index is 1330. The third kappa shape index (κ3) is 5.83. The van der Waals surface area contributed by atoms with E-state index in [1.54, 1.807) is 29.9 Å². The summed E-state index contributed by atoms with van der Waals surface area (Å²) in [6.45, 7) is 0.251. The van der Waals surface area contributed by atoms with Gasteiger partial charge in [-0.05, 0) is 29.8 Å². The molecule has 0 fully saturated rings. The molecule has 0 aliphatic carbocycles. The summed E-state index contributed by atoms with van der Waals surface area (Å²) in [5, 5.41) is 3.09. The smallest absolute Gasteiger partial charge is 0.230 e. The molecule has 2 heterocycles. The second-order valence-electron chi connectivity index (χ2n) is 7.00. The molecular formula is C21H19FN6O2S2. The van der Waals surface area contributed by atoms with E-state index in [0.29, 0.717) is 22.8 Å². The Morgan fingerprint density at radius 2 is 2.09 bits per heavy atom. The highest BCUT2D eigenvalue weighted by Crippen LogP contribution is 2.30. The van der Waals surface area contributed by atoms with Crippen LogP contribution in [0.15, 0.2) is 60.5 Å². The number of hydrogen-bond donors (Lipinski definition) is 2. The number of hydrogen-bond acceptors (Lipinski definition) is 9. The van der Waals surface area contributed by atoms with E-state index in [1.807, 2.05) is 12.1 Å². The zero-order valence-electron chi connectivity index (χ0n) is 17.0. The van der Waals surface area contributed by atoms with Crippen molar-refractivity contribution in [3.63, 3.8) is 0 Å². The van der Waals surface area contributed by atoms with Crippen LogP contribution in [0.1, 0.15) is 10.4 Å². The van der Waals surface area contributed by atoms with Crippen molar-refractivity contribution >= 4 is 32.7 Å². The fourth-order valence-electron chi connectivity index (χ4n) is 2.93. The van der Waals surface area contributed by atoms with E-state index < -0.39 is 15.5 Å². The molecule has 0 bridgehead atoms. The Morgan fingerprint density at radius 1 is 1.22 bits per heavy atom. The molecule has 0 aliphatic heterocycles. The lowest BCUT2D eigenvalue weighted by Crippen LogP contribution is -2.03. The molecule has 32 heavy (non-hydrogen) atoms. The van der Waals surface area contributed by atoms with Gasteiger partial charge in [0.1, 0.15) is 24.5 Å². The van der Waals surface area contributed by atoms with Crippen LogP contribution in [0.3, 0.4) is 0 Å². The molecule has 11 heteroatoms. The van der Waals surface area contributed by atoms with E-state index in [4.69, 9.17) is 9.52 Å². The first-order valence-electron chi connectivity index (χ1n) is 9.42. The van der Waals surface area contributed by atoms with E-state index >= 15 is 0 Å². The number of thiazole rings is 1. The maximum Gasteiger partial charge on any atom is 0.230 e. The van der Waals surface area contributed by atoms with Gasteiger partial charge in [0.2, 0.25) is 5.95 Å². The summed E-state index contributed by atoms with van der Waals surface area (Å²) in [6, 6.07) is 11.4. The summed E-state index contributed by atoms with van der Waals surface area (Å²) in [6.07, 6.45) is 4.45. The van der Waals surface area contributed by atoms with Crippen LogP contribution in [-0.2, 0) is 22.1 Å². The monoisotopic (exact) mass is 470 g/mol. The lowest BCUT2D eigenvalue weighted by molar-refractivity contribution is 0.309. The van der Waals surface area contributed by atoms with Crippen LogP contribution in [0.4, 0.5) is 16.0 Å². The van der Waals surface area contributed by atoms with Gasteiger partial charge in [-0.3, -0.25) is 9.76 Å². The van der Waals surface area contributed by atoms with Crippen molar-refractivity contribution in [2.45, 2.75) is 12.4 Å². The first-order chi connectivity index (χ1) is 15.4. The summed E-state index contributed by atoms with van der Waals surface area (Å²) in [4.78, 5) is 17.7.